The zero-order valence-corrected chi connectivity index (χ0v) is 17.3. The first kappa shape index (κ1) is 23.6. The molecule has 0 spiro atoms. The minimum Gasteiger partial charge on any atom is -0.494 e. The summed E-state index contributed by atoms with van der Waals surface area (Å²) in [5.41, 5.74) is 0.645. The molecule has 4 N–H and O–H groups in total. The summed E-state index contributed by atoms with van der Waals surface area (Å²) in [4.78, 5) is 34.8. The van der Waals surface area contributed by atoms with Gasteiger partial charge >= 0.3 is 5.97 Å². The first-order valence-corrected chi connectivity index (χ1v) is 10.5. The van der Waals surface area contributed by atoms with Crippen LogP contribution in [0.15, 0.2) is 24.3 Å². The molecule has 1 unspecified atom stereocenters. The van der Waals surface area contributed by atoms with E-state index in [0.717, 1.165) is 0 Å². The number of benzene rings is 1. The van der Waals surface area contributed by atoms with E-state index >= 15 is 0 Å². The first-order chi connectivity index (χ1) is 13.3. The summed E-state index contributed by atoms with van der Waals surface area (Å²) in [5, 5.41) is 17.1. The predicted molar refractivity (Wildman–Crippen MR) is 111 cm³/mol. The van der Waals surface area contributed by atoms with Crippen LogP contribution in [0.1, 0.15) is 26.7 Å². The number of carboxylic acids is 1. The van der Waals surface area contributed by atoms with Gasteiger partial charge in [0, 0.05) is 18.7 Å². The zero-order chi connectivity index (χ0) is 20.9. The highest BCUT2D eigenvalue weighted by Gasteiger charge is 2.20. The van der Waals surface area contributed by atoms with Crippen molar-refractivity contribution in [1.29, 1.82) is 0 Å². The molecule has 0 heterocycles. The van der Waals surface area contributed by atoms with Crippen molar-refractivity contribution < 1.29 is 24.2 Å². The molecule has 1 atom stereocenters. The predicted octanol–water partition coefficient (Wildman–Crippen LogP) is 1.92. The number of hydrogen-bond donors (Lipinski definition) is 4. The highest BCUT2D eigenvalue weighted by molar-refractivity contribution is 7.99. The summed E-state index contributed by atoms with van der Waals surface area (Å²) in [6, 6.07) is 6.90. The van der Waals surface area contributed by atoms with Gasteiger partial charge < -0.3 is 25.8 Å². The lowest BCUT2D eigenvalue weighted by Gasteiger charge is -2.21. The number of anilines is 1. The lowest BCUT2D eigenvalue weighted by Crippen LogP contribution is -2.52. The number of thioether (sulfide) groups is 1. The third kappa shape index (κ3) is 10.1. The second-order valence-electron chi connectivity index (χ2n) is 6.59. The summed E-state index contributed by atoms with van der Waals surface area (Å²) in [6.07, 6.45) is 1.41. The molecule has 8 nitrogen and oxygen atoms in total. The second kappa shape index (κ2) is 12.9. The van der Waals surface area contributed by atoms with Crippen LogP contribution in [-0.4, -0.2) is 54.2 Å². The fourth-order valence-electron chi connectivity index (χ4n) is 2.14. The molecule has 0 fully saturated rings. The summed E-state index contributed by atoms with van der Waals surface area (Å²) in [5.74, 6) is -0.236. The fraction of sp³-hybridized carbons (Fsp3) is 0.526. The molecule has 0 aromatic heterocycles. The maximum Gasteiger partial charge on any atom is 0.303 e. The van der Waals surface area contributed by atoms with Gasteiger partial charge in [-0.2, -0.15) is 11.8 Å². The van der Waals surface area contributed by atoms with Crippen LogP contribution in [0.3, 0.4) is 0 Å². The average molecular weight is 412 g/mol. The van der Waals surface area contributed by atoms with E-state index in [1.807, 2.05) is 20.1 Å². The highest BCUT2D eigenvalue weighted by Crippen LogP contribution is 2.16. The third-order valence-electron chi connectivity index (χ3n) is 3.50. The van der Waals surface area contributed by atoms with Gasteiger partial charge in [0.15, 0.2) is 6.17 Å². The van der Waals surface area contributed by atoms with Gasteiger partial charge in [-0.3, -0.25) is 14.4 Å². The van der Waals surface area contributed by atoms with Crippen LogP contribution in [0.2, 0.25) is 0 Å². The molecule has 1 aromatic carbocycles. The number of nitrogens with one attached hydrogen (secondary N) is 3. The number of amides is 2. The normalized spacial score (nSPS) is 11.6. The molecule has 0 aliphatic carbocycles. The van der Waals surface area contributed by atoms with Crippen LogP contribution in [0.5, 0.6) is 5.75 Å². The maximum atomic E-state index is 12.4. The topological polar surface area (TPSA) is 117 Å². The molecule has 2 amide bonds. The Morgan fingerprint density at radius 3 is 2.43 bits per heavy atom. The Balaban J connectivity index is 2.66. The molecule has 0 saturated heterocycles. The number of hydrogen-bond acceptors (Lipinski definition) is 6. The van der Waals surface area contributed by atoms with Crippen molar-refractivity contribution in [3.8, 4) is 5.75 Å². The van der Waals surface area contributed by atoms with E-state index in [-0.39, 0.29) is 24.0 Å². The molecule has 0 aliphatic heterocycles. The Kier molecular flexibility index (Phi) is 10.9. The van der Waals surface area contributed by atoms with Crippen LogP contribution < -0.4 is 20.7 Å². The fourth-order valence-corrected chi connectivity index (χ4v) is 2.48. The van der Waals surface area contributed by atoms with Crippen molar-refractivity contribution in [3.63, 3.8) is 0 Å². The monoisotopic (exact) mass is 411 g/mol. The van der Waals surface area contributed by atoms with Gasteiger partial charge in [-0.1, -0.05) is 13.8 Å². The van der Waals surface area contributed by atoms with Gasteiger partial charge in [0.1, 0.15) is 5.75 Å². The molecule has 1 rings (SSSR count). The van der Waals surface area contributed by atoms with E-state index in [4.69, 9.17) is 9.84 Å². The lowest BCUT2D eigenvalue weighted by molar-refractivity contribution is -0.137. The summed E-state index contributed by atoms with van der Waals surface area (Å²) in [6.45, 7) is 4.80. The number of rotatable bonds is 13. The van der Waals surface area contributed by atoms with Gasteiger partial charge in [-0.15, -0.1) is 0 Å². The third-order valence-corrected chi connectivity index (χ3v) is 4.05. The van der Waals surface area contributed by atoms with Crippen molar-refractivity contribution in [2.24, 2.45) is 5.92 Å². The second-order valence-corrected chi connectivity index (χ2v) is 7.45. The standard InChI is InChI=1S/C19H29N3O5S/c1-13(2)11-20-19(26)18(22-16(23)12-28-3)21-14-6-8-15(9-7-14)27-10-4-5-17(24)25/h6-9,13,18,21H,4-5,10-12H2,1-3H3,(H,20,26)(H,22,23)(H,24,25). The number of carbonyl (C=O) groups is 3. The van der Waals surface area contributed by atoms with Crippen LogP contribution in [0.4, 0.5) is 5.69 Å². The molecule has 0 saturated carbocycles. The molecule has 0 bridgehead atoms. The smallest absolute Gasteiger partial charge is 0.303 e. The van der Waals surface area contributed by atoms with Crippen LogP contribution >= 0.6 is 11.8 Å². The lowest BCUT2D eigenvalue weighted by atomic mass is 10.2. The Bertz CT molecular complexity index is 637. The first-order valence-electron chi connectivity index (χ1n) is 9.09. The molecule has 0 aliphatic rings. The number of carbonyl (C=O) groups excluding carboxylic acids is 2. The summed E-state index contributed by atoms with van der Waals surface area (Å²) >= 11 is 1.38. The zero-order valence-electron chi connectivity index (χ0n) is 16.5. The SMILES string of the molecule is CSCC(=O)NC(Nc1ccc(OCCCC(=O)O)cc1)C(=O)NCC(C)C. The Morgan fingerprint density at radius 1 is 1.18 bits per heavy atom. The summed E-state index contributed by atoms with van der Waals surface area (Å²) in [7, 11) is 0. The average Bonchev–Trinajstić information content (AvgIpc) is 2.64. The van der Waals surface area contributed by atoms with E-state index in [0.29, 0.717) is 36.9 Å². The van der Waals surface area contributed by atoms with Crippen molar-refractivity contribution in [1.82, 2.24) is 10.6 Å². The molecule has 0 radical (unpaired) electrons. The molecule has 156 valence electrons. The number of ether oxygens (including phenoxy) is 1. The minimum absolute atomic E-state index is 0.0581. The molecular formula is C19H29N3O5S. The molecule has 1 aromatic rings. The van der Waals surface area contributed by atoms with Crippen LogP contribution in [-0.2, 0) is 14.4 Å². The van der Waals surface area contributed by atoms with Crippen molar-refractivity contribution >= 4 is 35.2 Å². The van der Waals surface area contributed by atoms with Crippen LogP contribution in [0, 0.1) is 5.92 Å². The molecular weight excluding hydrogens is 382 g/mol. The highest BCUT2D eigenvalue weighted by atomic mass is 32.2. The van der Waals surface area contributed by atoms with Crippen molar-refractivity contribution in [3.05, 3.63) is 24.3 Å². The van der Waals surface area contributed by atoms with Gasteiger partial charge in [0.05, 0.1) is 12.4 Å². The Morgan fingerprint density at radius 2 is 1.86 bits per heavy atom. The van der Waals surface area contributed by atoms with Crippen LogP contribution in [0.25, 0.3) is 0 Å². The molecule has 28 heavy (non-hydrogen) atoms. The number of aliphatic carboxylic acids is 1. The maximum absolute atomic E-state index is 12.4. The summed E-state index contributed by atoms with van der Waals surface area (Å²) < 4.78 is 5.48. The van der Waals surface area contributed by atoms with Gasteiger partial charge in [-0.05, 0) is 42.9 Å². The Labute approximate surface area is 169 Å². The number of carboxylic acid groups (broad SMARTS) is 1. The largest absolute Gasteiger partial charge is 0.494 e. The van der Waals surface area contributed by atoms with Crippen molar-refractivity contribution in [2.45, 2.75) is 32.9 Å². The Hall–Kier alpha value is -2.42. The van der Waals surface area contributed by atoms with Crippen molar-refractivity contribution in [2.75, 3.05) is 30.5 Å². The van der Waals surface area contributed by atoms with Gasteiger partial charge in [0.25, 0.3) is 5.91 Å². The van der Waals surface area contributed by atoms with E-state index in [9.17, 15) is 14.4 Å². The van der Waals surface area contributed by atoms with E-state index < -0.39 is 12.1 Å². The van der Waals surface area contributed by atoms with Gasteiger partial charge in [0.2, 0.25) is 5.91 Å². The van der Waals surface area contributed by atoms with E-state index in [2.05, 4.69) is 16.0 Å². The molecule has 9 heteroatoms. The van der Waals surface area contributed by atoms with E-state index in [1.54, 1.807) is 24.3 Å². The van der Waals surface area contributed by atoms with E-state index in [1.165, 1.54) is 11.8 Å². The van der Waals surface area contributed by atoms with Gasteiger partial charge in [-0.25, -0.2) is 0 Å². The minimum atomic E-state index is -0.888. The quantitative estimate of drug-likeness (QED) is 0.289.